The molecular weight excluding hydrogens is 543 g/mol. The van der Waals surface area contributed by atoms with Crippen molar-refractivity contribution in [2.45, 2.75) is 59.7 Å². The fourth-order valence-corrected chi connectivity index (χ4v) is 3.74. The Morgan fingerprint density at radius 3 is 1.63 bits per heavy atom. The number of hydrogen-bond donors (Lipinski definition) is 1. The van der Waals surface area contributed by atoms with E-state index in [1.165, 1.54) is 27.7 Å². The van der Waals surface area contributed by atoms with Crippen molar-refractivity contribution in [3.63, 3.8) is 0 Å². The van der Waals surface area contributed by atoms with E-state index >= 15 is 0 Å². The fraction of sp³-hybridized carbons (Fsp3) is 0.700. The maximum Gasteiger partial charge on any atom is 0.519 e. The summed E-state index contributed by atoms with van der Waals surface area (Å²) in [5.74, 6) is -5.00. The van der Waals surface area contributed by atoms with Gasteiger partial charge in [-0.3, -0.25) is 28.0 Å². The molecule has 0 saturated carbocycles. The zero-order valence-corrected chi connectivity index (χ0v) is 22.3. The Balaban J connectivity index is 5.43. The summed E-state index contributed by atoms with van der Waals surface area (Å²) >= 11 is 0. The van der Waals surface area contributed by atoms with E-state index in [1.54, 1.807) is 0 Å². The van der Waals surface area contributed by atoms with Gasteiger partial charge in [0.2, 0.25) is 20.4 Å². The van der Waals surface area contributed by atoms with E-state index in [0.717, 1.165) is 6.92 Å². The number of carboxylic acids is 1. The van der Waals surface area contributed by atoms with Crippen LogP contribution in [-0.2, 0) is 61.2 Å². The lowest BCUT2D eigenvalue weighted by Crippen LogP contribution is -2.26. The van der Waals surface area contributed by atoms with E-state index in [-0.39, 0.29) is 0 Å². The lowest BCUT2D eigenvalue weighted by Gasteiger charge is -2.22. The highest BCUT2D eigenvalue weighted by atomic mass is 31.2. The normalized spacial score (nSPS) is 11.8. The first-order valence-corrected chi connectivity index (χ1v) is 12.6. The van der Waals surface area contributed by atoms with Crippen molar-refractivity contribution in [2.24, 2.45) is 5.92 Å². The molecule has 1 N–H and O–H groups in total. The van der Waals surface area contributed by atoms with Crippen LogP contribution in [0, 0.1) is 5.92 Å². The number of aliphatic carboxylic acids is 1. The van der Waals surface area contributed by atoms with E-state index in [9.17, 15) is 33.3 Å². The molecule has 1 atom stereocenters. The summed E-state index contributed by atoms with van der Waals surface area (Å²) in [6.07, 6.45) is -6.81. The van der Waals surface area contributed by atoms with Crippen LogP contribution < -0.4 is 0 Å². The molecule has 0 aromatic carbocycles. The molecule has 0 fully saturated rings. The van der Waals surface area contributed by atoms with Crippen LogP contribution in [0.2, 0.25) is 0 Å². The summed E-state index contributed by atoms with van der Waals surface area (Å²) in [7, 11) is -4.48. The molecular formula is C20H31O17P. The van der Waals surface area contributed by atoms with E-state index in [2.05, 4.69) is 18.9 Å². The van der Waals surface area contributed by atoms with E-state index in [0.29, 0.717) is 0 Å². The fourth-order valence-electron chi connectivity index (χ4n) is 2.16. The predicted molar refractivity (Wildman–Crippen MR) is 119 cm³/mol. The smallest absolute Gasteiger partial charge is 0.481 e. The summed E-state index contributed by atoms with van der Waals surface area (Å²) in [6.45, 7) is 4.05. The number of carboxylic acid groups (broad SMARTS) is 1. The second kappa shape index (κ2) is 17.9. The van der Waals surface area contributed by atoms with Crippen molar-refractivity contribution in [1.82, 2.24) is 0 Å². The van der Waals surface area contributed by atoms with Gasteiger partial charge in [-0.15, -0.1) is 0 Å². The number of carbonyl (C=O) groups excluding carboxylic acids is 5. The number of esters is 2. The third-order valence-electron chi connectivity index (χ3n) is 3.61. The average molecular weight is 574 g/mol. The Morgan fingerprint density at radius 1 is 0.737 bits per heavy atom. The zero-order chi connectivity index (χ0) is 29.3. The highest BCUT2D eigenvalue weighted by Gasteiger charge is 2.35. The van der Waals surface area contributed by atoms with Gasteiger partial charge in [0, 0.05) is 13.3 Å². The van der Waals surface area contributed by atoms with Crippen LogP contribution in [-0.4, -0.2) is 80.2 Å². The molecule has 0 bridgehead atoms. The van der Waals surface area contributed by atoms with Gasteiger partial charge in [0.15, 0.2) is 0 Å². The third kappa shape index (κ3) is 17.9. The Kier molecular flexibility index (Phi) is 16.3. The Hall–Kier alpha value is -3.43. The second-order valence-corrected chi connectivity index (χ2v) is 9.71. The van der Waals surface area contributed by atoms with Gasteiger partial charge in [0.25, 0.3) is 0 Å². The molecule has 0 spiro atoms. The molecule has 0 radical (unpaired) electrons. The molecule has 0 aliphatic rings. The highest BCUT2D eigenvalue weighted by molar-refractivity contribution is 7.53. The van der Waals surface area contributed by atoms with Gasteiger partial charge in [-0.05, 0) is 34.1 Å². The van der Waals surface area contributed by atoms with Crippen LogP contribution in [0.15, 0.2) is 0 Å². The van der Waals surface area contributed by atoms with Crippen LogP contribution in [0.4, 0.5) is 14.4 Å². The SMILES string of the molecule is CC(=O)OC(=O)OCOC(=O)C(CCC(=O)O)CP(=O)(OCOC(=O)OC(C)C)OCOC(=O)OC(C)C. The molecule has 0 rings (SSSR count). The van der Waals surface area contributed by atoms with Gasteiger partial charge in [0.05, 0.1) is 24.3 Å². The first kappa shape index (κ1) is 34.6. The maximum atomic E-state index is 13.3. The third-order valence-corrected chi connectivity index (χ3v) is 5.49. The Morgan fingerprint density at radius 2 is 1.21 bits per heavy atom. The second-order valence-electron chi connectivity index (χ2n) is 7.61. The lowest BCUT2D eigenvalue weighted by atomic mass is 10.1. The molecule has 38 heavy (non-hydrogen) atoms. The highest BCUT2D eigenvalue weighted by Crippen LogP contribution is 2.50. The van der Waals surface area contributed by atoms with E-state index in [4.69, 9.17) is 28.4 Å². The van der Waals surface area contributed by atoms with E-state index in [1.807, 2.05) is 0 Å². The summed E-state index contributed by atoms with van der Waals surface area (Å²) in [6, 6.07) is 0. The van der Waals surface area contributed by atoms with Crippen LogP contribution >= 0.6 is 7.60 Å². The molecule has 0 aromatic heterocycles. The minimum atomic E-state index is -4.48. The van der Waals surface area contributed by atoms with Crippen LogP contribution in [0.1, 0.15) is 47.5 Å². The molecule has 0 aromatic rings. The topological polar surface area (TPSA) is 223 Å². The van der Waals surface area contributed by atoms with Crippen molar-refractivity contribution in [3.8, 4) is 0 Å². The first-order chi connectivity index (χ1) is 17.6. The van der Waals surface area contributed by atoms with Crippen molar-refractivity contribution in [1.29, 1.82) is 0 Å². The predicted octanol–water partition coefficient (Wildman–Crippen LogP) is 2.93. The molecule has 0 saturated heterocycles. The van der Waals surface area contributed by atoms with Gasteiger partial charge in [-0.2, -0.15) is 0 Å². The monoisotopic (exact) mass is 574 g/mol. The molecule has 0 heterocycles. The largest absolute Gasteiger partial charge is 0.519 e. The van der Waals surface area contributed by atoms with Gasteiger partial charge in [-0.1, -0.05) is 0 Å². The molecule has 17 nitrogen and oxygen atoms in total. The molecule has 0 aliphatic carbocycles. The van der Waals surface area contributed by atoms with Gasteiger partial charge in [-0.25, -0.2) is 14.4 Å². The van der Waals surface area contributed by atoms with E-state index < -0.39 is 101 Å². The van der Waals surface area contributed by atoms with Gasteiger partial charge >= 0.3 is 44.0 Å². The van der Waals surface area contributed by atoms with Gasteiger partial charge < -0.3 is 38.3 Å². The van der Waals surface area contributed by atoms with Crippen molar-refractivity contribution < 1.29 is 80.6 Å². The lowest BCUT2D eigenvalue weighted by molar-refractivity contribution is -0.159. The number of ether oxygens (including phenoxy) is 7. The minimum absolute atomic E-state index is 0.449. The molecule has 18 heteroatoms. The standard InChI is InChI=1S/C20H31O17P/c1-12(2)35-18(25)31-10-33-38(28,34-11-32-19(26)36-13(3)4)8-15(6-7-16(22)23)17(24)29-9-30-20(27)37-14(5)21/h12-13,15H,6-11H2,1-5H3,(H,22,23). The molecule has 1 unspecified atom stereocenters. The summed E-state index contributed by atoms with van der Waals surface area (Å²) in [5.41, 5.74) is 0. The van der Waals surface area contributed by atoms with Crippen molar-refractivity contribution >= 4 is 44.0 Å². The van der Waals surface area contributed by atoms with Crippen LogP contribution in [0.3, 0.4) is 0 Å². The van der Waals surface area contributed by atoms with Crippen molar-refractivity contribution in [3.05, 3.63) is 0 Å². The maximum absolute atomic E-state index is 13.3. The first-order valence-electron chi connectivity index (χ1n) is 10.9. The molecule has 0 aliphatic heterocycles. The number of hydrogen-bond acceptors (Lipinski definition) is 16. The average Bonchev–Trinajstić information content (AvgIpc) is 2.74. The van der Waals surface area contributed by atoms with Crippen molar-refractivity contribution in [2.75, 3.05) is 26.5 Å². The van der Waals surface area contributed by atoms with Crippen LogP contribution in [0.5, 0.6) is 0 Å². The van der Waals surface area contributed by atoms with Gasteiger partial charge in [0.1, 0.15) is 0 Å². The Bertz CT molecular complexity index is 836. The molecule has 0 amide bonds. The summed E-state index contributed by atoms with van der Waals surface area (Å²) < 4.78 is 55.1. The quantitative estimate of drug-likeness (QED) is 0.0919. The molecule has 218 valence electrons. The number of rotatable bonds is 16. The zero-order valence-electron chi connectivity index (χ0n) is 21.4. The summed E-state index contributed by atoms with van der Waals surface area (Å²) in [5, 5.41) is 8.98. The summed E-state index contributed by atoms with van der Waals surface area (Å²) in [4.78, 5) is 68.5. The van der Waals surface area contributed by atoms with Crippen LogP contribution in [0.25, 0.3) is 0 Å². The number of carbonyl (C=O) groups is 6. The Labute approximate surface area is 217 Å². The minimum Gasteiger partial charge on any atom is -0.481 e.